The highest BCUT2D eigenvalue weighted by atomic mass is 35.5. The van der Waals surface area contributed by atoms with Crippen LogP contribution in [-0.2, 0) is 22.6 Å². The van der Waals surface area contributed by atoms with Crippen molar-refractivity contribution in [2.75, 3.05) is 0 Å². The Kier molecular flexibility index (Phi) is 8.34. The summed E-state index contributed by atoms with van der Waals surface area (Å²) >= 11 is 12.6. The molecule has 2 aromatic rings. The van der Waals surface area contributed by atoms with E-state index in [4.69, 9.17) is 23.2 Å². The Balaban J connectivity index is 2.40. The summed E-state index contributed by atoms with van der Waals surface area (Å²) in [7, 11) is 0. The molecule has 4 nitrogen and oxygen atoms in total. The summed E-state index contributed by atoms with van der Waals surface area (Å²) in [6, 6.07) is 12.4. The van der Waals surface area contributed by atoms with Gasteiger partial charge in [-0.2, -0.15) is 0 Å². The zero-order valence-corrected chi connectivity index (χ0v) is 19.8. The van der Waals surface area contributed by atoms with Crippen LogP contribution < -0.4 is 5.32 Å². The van der Waals surface area contributed by atoms with E-state index in [9.17, 15) is 9.59 Å². The van der Waals surface area contributed by atoms with Crippen LogP contribution in [0.4, 0.5) is 0 Å². The van der Waals surface area contributed by atoms with Crippen molar-refractivity contribution in [3.63, 3.8) is 0 Å². The lowest BCUT2D eigenvalue weighted by molar-refractivity contribution is -0.141. The third-order valence-electron chi connectivity index (χ3n) is 4.88. The number of carbonyl (C=O) groups is 2. The first-order valence-electron chi connectivity index (χ1n) is 10.1. The van der Waals surface area contributed by atoms with Crippen molar-refractivity contribution in [1.82, 2.24) is 10.2 Å². The molecule has 162 valence electrons. The van der Waals surface area contributed by atoms with Crippen molar-refractivity contribution < 1.29 is 9.59 Å². The fourth-order valence-corrected chi connectivity index (χ4v) is 3.83. The molecule has 2 aromatic carbocycles. The van der Waals surface area contributed by atoms with Gasteiger partial charge >= 0.3 is 0 Å². The Morgan fingerprint density at radius 3 is 2.17 bits per heavy atom. The van der Waals surface area contributed by atoms with Gasteiger partial charge in [0.05, 0.1) is 6.42 Å². The number of rotatable bonds is 7. The summed E-state index contributed by atoms with van der Waals surface area (Å²) in [5.41, 5.74) is 2.25. The molecule has 0 aliphatic carbocycles. The second-order valence-electron chi connectivity index (χ2n) is 8.49. The summed E-state index contributed by atoms with van der Waals surface area (Å²) in [5.74, 6) is -0.360. The van der Waals surface area contributed by atoms with Gasteiger partial charge in [-0.25, -0.2) is 0 Å². The Bertz CT molecular complexity index is 886. The van der Waals surface area contributed by atoms with E-state index in [1.165, 1.54) is 0 Å². The number of nitrogens with one attached hydrogen (secondary N) is 1. The molecule has 0 bridgehead atoms. The number of amides is 2. The van der Waals surface area contributed by atoms with Gasteiger partial charge in [-0.05, 0) is 62.9 Å². The maximum absolute atomic E-state index is 13.4. The summed E-state index contributed by atoms with van der Waals surface area (Å²) in [4.78, 5) is 28.1. The standard InChI is InChI=1S/C24H30Cl2N2O2/c1-6-21(23(30)27-24(3,4)5)28(15-17-11-8-7-10-16(17)2)22(29)14-18-19(25)12-9-13-20(18)26/h7-13,21H,6,14-15H2,1-5H3,(H,27,30). The van der Waals surface area contributed by atoms with Crippen molar-refractivity contribution in [1.29, 1.82) is 0 Å². The lowest BCUT2D eigenvalue weighted by Gasteiger charge is -2.33. The first-order valence-corrected chi connectivity index (χ1v) is 10.9. The number of benzene rings is 2. The van der Waals surface area contributed by atoms with Crippen LogP contribution in [-0.4, -0.2) is 28.3 Å². The molecule has 0 saturated carbocycles. The van der Waals surface area contributed by atoms with Gasteiger partial charge in [0.2, 0.25) is 11.8 Å². The van der Waals surface area contributed by atoms with E-state index >= 15 is 0 Å². The van der Waals surface area contributed by atoms with E-state index in [-0.39, 0.29) is 18.2 Å². The van der Waals surface area contributed by atoms with Gasteiger partial charge in [-0.15, -0.1) is 0 Å². The van der Waals surface area contributed by atoms with Gasteiger partial charge in [0.25, 0.3) is 0 Å². The second-order valence-corrected chi connectivity index (χ2v) is 9.30. The Hall–Kier alpha value is -2.04. The van der Waals surface area contributed by atoms with Crippen LogP contribution >= 0.6 is 23.2 Å². The first kappa shape index (κ1) is 24.2. The first-order chi connectivity index (χ1) is 14.0. The van der Waals surface area contributed by atoms with Crippen molar-refractivity contribution in [2.24, 2.45) is 0 Å². The smallest absolute Gasteiger partial charge is 0.243 e. The molecule has 0 heterocycles. The van der Waals surface area contributed by atoms with E-state index < -0.39 is 11.6 Å². The fraction of sp³-hybridized carbons (Fsp3) is 0.417. The summed E-state index contributed by atoms with van der Waals surface area (Å²) in [6.07, 6.45) is 0.527. The SMILES string of the molecule is CCC(C(=O)NC(C)(C)C)N(Cc1ccccc1C)C(=O)Cc1c(Cl)cccc1Cl. The molecule has 1 atom stereocenters. The molecule has 0 aliphatic heterocycles. The van der Waals surface area contributed by atoms with Crippen LogP contribution in [0.1, 0.15) is 50.8 Å². The molecule has 0 radical (unpaired) electrons. The monoisotopic (exact) mass is 448 g/mol. The Morgan fingerprint density at radius 1 is 1.03 bits per heavy atom. The van der Waals surface area contributed by atoms with Gasteiger partial charge in [0, 0.05) is 22.1 Å². The minimum Gasteiger partial charge on any atom is -0.350 e. The number of hydrogen-bond acceptors (Lipinski definition) is 2. The number of halogens is 2. The largest absolute Gasteiger partial charge is 0.350 e. The van der Waals surface area contributed by atoms with Crippen LogP contribution in [0.3, 0.4) is 0 Å². The zero-order chi connectivity index (χ0) is 22.5. The van der Waals surface area contributed by atoms with Crippen molar-refractivity contribution in [3.8, 4) is 0 Å². The van der Waals surface area contributed by atoms with Crippen molar-refractivity contribution >= 4 is 35.0 Å². The lowest BCUT2D eigenvalue weighted by Crippen LogP contribution is -2.53. The second kappa shape index (κ2) is 10.3. The third kappa shape index (κ3) is 6.48. The molecule has 0 saturated heterocycles. The molecule has 0 aliphatic rings. The predicted molar refractivity (Wildman–Crippen MR) is 124 cm³/mol. The summed E-state index contributed by atoms with van der Waals surface area (Å²) in [6.45, 7) is 10.0. The Labute approximate surface area is 189 Å². The Morgan fingerprint density at radius 2 is 1.63 bits per heavy atom. The van der Waals surface area contributed by atoms with Gasteiger partial charge in [0.15, 0.2) is 0 Å². The number of carbonyl (C=O) groups excluding carboxylic acids is 2. The van der Waals surface area contributed by atoms with Crippen LogP contribution in [0.2, 0.25) is 10.0 Å². The average Bonchev–Trinajstić information content (AvgIpc) is 2.64. The molecule has 6 heteroatoms. The molecule has 0 fully saturated rings. The fourth-order valence-electron chi connectivity index (χ4n) is 3.30. The maximum Gasteiger partial charge on any atom is 0.243 e. The molecule has 30 heavy (non-hydrogen) atoms. The van der Waals surface area contributed by atoms with E-state index in [0.29, 0.717) is 28.6 Å². The lowest BCUT2D eigenvalue weighted by atomic mass is 10.0. The highest BCUT2D eigenvalue weighted by Gasteiger charge is 2.31. The van der Waals surface area contributed by atoms with Crippen LogP contribution in [0.15, 0.2) is 42.5 Å². The number of nitrogens with zero attached hydrogens (tertiary/aromatic N) is 1. The highest BCUT2D eigenvalue weighted by Crippen LogP contribution is 2.26. The van der Waals surface area contributed by atoms with Gasteiger partial charge < -0.3 is 10.2 Å². The van der Waals surface area contributed by atoms with Gasteiger partial charge in [-0.3, -0.25) is 9.59 Å². The zero-order valence-electron chi connectivity index (χ0n) is 18.3. The average molecular weight is 449 g/mol. The van der Waals surface area contributed by atoms with E-state index in [0.717, 1.165) is 11.1 Å². The van der Waals surface area contributed by atoms with E-state index in [2.05, 4.69) is 5.32 Å². The minimum atomic E-state index is -0.599. The van der Waals surface area contributed by atoms with E-state index in [1.54, 1.807) is 23.1 Å². The van der Waals surface area contributed by atoms with Crippen molar-refractivity contribution in [3.05, 3.63) is 69.2 Å². The van der Waals surface area contributed by atoms with Crippen LogP contribution in [0, 0.1) is 6.92 Å². The number of hydrogen-bond donors (Lipinski definition) is 1. The highest BCUT2D eigenvalue weighted by molar-refractivity contribution is 6.36. The van der Waals surface area contributed by atoms with Gasteiger partial charge in [0.1, 0.15) is 6.04 Å². The topological polar surface area (TPSA) is 49.4 Å². The quantitative estimate of drug-likeness (QED) is 0.601. The van der Waals surface area contributed by atoms with E-state index in [1.807, 2.05) is 58.9 Å². The predicted octanol–water partition coefficient (Wildman–Crippen LogP) is 5.57. The summed E-state index contributed by atoms with van der Waals surface area (Å²) in [5, 5.41) is 3.89. The maximum atomic E-state index is 13.4. The molecular formula is C24H30Cl2N2O2. The van der Waals surface area contributed by atoms with Crippen molar-refractivity contribution in [2.45, 2.75) is 65.6 Å². The van der Waals surface area contributed by atoms with Gasteiger partial charge in [-0.1, -0.05) is 60.5 Å². The molecule has 2 rings (SSSR count). The molecule has 0 aromatic heterocycles. The van der Waals surface area contributed by atoms with Crippen LogP contribution in [0.25, 0.3) is 0 Å². The molecule has 1 N–H and O–H groups in total. The normalized spacial score (nSPS) is 12.4. The molecule has 1 unspecified atom stereocenters. The molecule has 2 amide bonds. The number of aryl methyl sites for hydroxylation is 1. The minimum absolute atomic E-state index is 0.0314. The molecular weight excluding hydrogens is 419 g/mol. The third-order valence-corrected chi connectivity index (χ3v) is 5.58. The molecule has 0 spiro atoms. The summed E-state index contributed by atoms with van der Waals surface area (Å²) < 4.78 is 0. The van der Waals surface area contributed by atoms with Crippen LogP contribution in [0.5, 0.6) is 0 Å².